The largest absolute Gasteiger partial charge is 0.478 e. The highest BCUT2D eigenvalue weighted by atomic mass is 35.5. The van der Waals surface area contributed by atoms with Gasteiger partial charge in [-0.25, -0.2) is 4.79 Å². The number of carbonyl (C=O) groups is 2. The van der Waals surface area contributed by atoms with Crippen molar-refractivity contribution in [2.24, 2.45) is 0 Å². The minimum absolute atomic E-state index is 0.0812. The monoisotopic (exact) mass is 321 g/mol. The molecule has 0 saturated carbocycles. The van der Waals surface area contributed by atoms with Crippen LogP contribution in [-0.4, -0.2) is 17.0 Å². The van der Waals surface area contributed by atoms with Crippen molar-refractivity contribution in [3.63, 3.8) is 0 Å². The van der Waals surface area contributed by atoms with Crippen molar-refractivity contribution in [3.05, 3.63) is 63.1 Å². The van der Waals surface area contributed by atoms with Gasteiger partial charge < -0.3 is 10.4 Å². The molecule has 3 rings (SSSR count). The Morgan fingerprint density at radius 2 is 1.86 bits per heavy atom. The minimum Gasteiger partial charge on any atom is -0.478 e. The van der Waals surface area contributed by atoms with Gasteiger partial charge in [0.05, 0.1) is 11.5 Å². The van der Waals surface area contributed by atoms with Crippen molar-refractivity contribution in [1.29, 1.82) is 0 Å². The Bertz CT molecular complexity index is 774. The molecule has 1 amide bonds. The van der Waals surface area contributed by atoms with Crippen LogP contribution >= 0.6 is 23.2 Å². The number of anilines is 1. The molecule has 2 N–H and O–H groups in total. The number of aromatic carboxylic acids is 1. The van der Waals surface area contributed by atoms with Crippen LogP contribution in [0, 0.1) is 0 Å². The van der Waals surface area contributed by atoms with Crippen molar-refractivity contribution in [2.75, 3.05) is 5.32 Å². The van der Waals surface area contributed by atoms with E-state index in [4.69, 9.17) is 28.3 Å². The van der Waals surface area contributed by atoms with Crippen molar-refractivity contribution in [2.45, 2.75) is 5.92 Å². The average Bonchev–Trinajstić information content (AvgIpc) is 2.74. The van der Waals surface area contributed by atoms with Crippen LogP contribution in [0.4, 0.5) is 5.69 Å². The van der Waals surface area contributed by atoms with E-state index < -0.39 is 11.9 Å². The number of amides is 1. The van der Waals surface area contributed by atoms with Gasteiger partial charge in [0, 0.05) is 15.7 Å². The maximum Gasteiger partial charge on any atom is 0.335 e. The van der Waals surface area contributed by atoms with Gasteiger partial charge in [-0.1, -0.05) is 23.2 Å². The lowest BCUT2D eigenvalue weighted by atomic mass is 9.91. The fraction of sp³-hybridized carbons (Fsp3) is 0.0667. The Kier molecular flexibility index (Phi) is 3.35. The number of nitrogens with one attached hydrogen (secondary N) is 1. The van der Waals surface area contributed by atoms with E-state index in [0.29, 0.717) is 26.9 Å². The van der Waals surface area contributed by atoms with E-state index >= 15 is 0 Å². The lowest BCUT2D eigenvalue weighted by Gasteiger charge is -2.12. The fourth-order valence-corrected chi connectivity index (χ4v) is 2.85. The Morgan fingerprint density at radius 1 is 1.10 bits per heavy atom. The van der Waals surface area contributed by atoms with Gasteiger partial charge in [-0.15, -0.1) is 0 Å². The first-order valence-electron chi connectivity index (χ1n) is 6.10. The van der Waals surface area contributed by atoms with Crippen molar-refractivity contribution in [3.8, 4) is 0 Å². The summed E-state index contributed by atoms with van der Waals surface area (Å²) < 4.78 is 0. The number of rotatable bonds is 2. The minimum atomic E-state index is -1.07. The van der Waals surface area contributed by atoms with Gasteiger partial charge in [0.2, 0.25) is 5.91 Å². The second-order valence-electron chi connectivity index (χ2n) is 4.70. The average molecular weight is 322 g/mol. The number of hydrogen-bond acceptors (Lipinski definition) is 2. The summed E-state index contributed by atoms with van der Waals surface area (Å²) in [6.45, 7) is 0. The van der Waals surface area contributed by atoms with Crippen LogP contribution in [0.2, 0.25) is 10.0 Å². The molecule has 6 heteroatoms. The zero-order valence-electron chi connectivity index (χ0n) is 10.6. The molecule has 0 saturated heterocycles. The van der Waals surface area contributed by atoms with Gasteiger partial charge >= 0.3 is 5.97 Å². The molecule has 1 unspecified atom stereocenters. The summed E-state index contributed by atoms with van der Waals surface area (Å²) >= 11 is 12.1. The second kappa shape index (κ2) is 5.06. The van der Waals surface area contributed by atoms with Gasteiger partial charge in [0.25, 0.3) is 0 Å². The molecule has 1 heterocycles. The van der Waals surface area contributed by atoms with E-state index in [1.165, 1.54) is 18.2 Å². The fourth-order valence-electron chi connectivity index (χ4n) is 2.44. The molecule has 4 nitrogen and oxygen atoms in total. The van der Waals surface area contributed by atoms with Gasteiger partial charge in [-0.2, -0.15) is 0 Å². The summed E-state index contributed by atoms with van der Waals surface area (Å²) in [5.41, 5.74) is 1.89. The smallest absolute Gasteiger partial charge is 0.335 e. The second-order valence-corrected chi connectivity index (χ2v) is 5.54. The molecule has 106 valence electrons. The molecular weight excluding hydrogens is 313 g/mol. The third-order valence-corrected chi connectivity index (χ3v) is 3.98. The predicted molar refractivity (Wildman–Crippen MR) is 80.3 cm³/mol. The molecule has 0 radical (unpaired) electrons. The molecule has 1 atom stereocenters. The normalized spacial score (nSPS) is 16.5. The Hall–Kier alpha value is -2.04. The SMILES string of the molecule is O=C(O)c1ccc(Cl)c(C2C(=O)Nc3ccc(Cl)cc32)c1. The van der Waals surface area contributed by atoms with Crippen LogP contribution in [0.15, 0.2) is 36.4 Å². The van der Waals surface area contributed by atoms with Crippen LogP contribution in [0.25, 0.3) is 0 Å². The van der Waals surface area contributed by atoms with E-state index in [0.717, 1.165) is 0 Å². The third kappa shape index (κ3) is 2.37. The van der Waals surface area contributed by atoms with Gasteiger partial charge in [0.15, 0.2) is 0 Å². The zero-order chi connectivity index (χ0) is 15.1. The number of fused-ring (bicyclic) bond motifs is 1. The van der Waals surface area contributed by atoms with E-state index in [9.17, 15) is 9.59 Å². The first-order chi connectivity index (χ1) is 9.97. The molecule has 0 aliphatic carbocycles. The molecule has 1 aliphatic rings. The molecular formula is C15H9Cl2NO3. The van der Waals surface area contributed by atoms with Crippen LogP contribution in [0.5, 0.6) is 0 Å². The number of carbonyl (C=O) groups excluding carboxylic acids is 1. The Labute approximate surface area is 130 Å². The molecule has 21 heavy (non-hydrogen) atoms. The van der Waals surface area contributed by atoms with Crippen LogP contribution in [0.1, 0.15) is 27.4 Å². The van der Waals surface area contributed by atoms with Crippen LogP contribution in [0.3, 0.4) is 0 Å². The Morgan fingerprint density at radius 3 is 2.57 bits per heavy atom. The molecule has 0 spiro atoms. The summed E-state index contributed by atoms with van der Waals surface area (Å²) in [6.07, 6.45) is 0. The van der Waals surface area contributed by atoms with Gasteiger partial charge in [-0.05, 0) is 47.5 Å². The van der Waals surface area contributed by atoms with E-state index in [1.54, 1.807) is 18.2 Å². The highest BCUT2D eigenvalue weighted by Crippen LogP contribution is 2.41. The number of halogens is 2. The molecule has 2 aromatic rings. The molecule has 0 bridgehead atoms. The number of carboxylic acids is 1. The van der Waals surface area contributed by atoms with Crippen molar-refractivity contribution < 1.29 is 14.7 Å². The number of carboxylic acid groups (broad SMARTS) is 1. The van der Waals surface area contributed by atoms with Gasteiger partial charge in [-0.3, -0.25) is 4.79 Å². The summed E-state index contributed by atoms with van der Waals surface area (Å²) in [7, 11) is 0. The highest BCUT2D eigenvalue weighted by Gasteiger charge is 2.33. The van der Waals surface area contributed by atoms with E-state index in [1.807, 2.05) is 0 Å². The van der Waals surface area contributed by atoms with E-state index in [2.05, 4.69) is 5.32 Å². The summed E-state index contributed by atoms with van der Waals surface area (Å²) in [5, 5.41) is 12.7. The van der Waals surface area contributed by atoms with Crippen LogP contribution in [-0.2, 0) is 4.79 Å². The molecule has 1 aliphatic heterocycles. The zero-order valence-corrected chi connectivity index (χ0v) is 12.1. The third-order valence-electron chi connectivity index (χ3n) is 3.40. The molecule has 2 aromatic carbocycles. The van der Waals surface area contributed by atoms with Crippen LogP contribution < -0.4 is 5.32 Å². The standard InChI is InChI=1S/C15H9Cl2NO3/c16-8-2-4-12-10(6-8)13(14(19)18-12)9-5-7(15(20)21)1-3-11(9)17/h1-6,13H,(H,18,19)(H,20,21). The predicted octanol–water partition coefficient (Wildman–Crippen LogP) is 3.78. The lowest BCUT2D eigenvalue weighted by molar-refractivity contribution is -0.116. The topological polar surface area (TPSA) is 66.4 Å². The maximum absolute atomic E-state index is 12.2. The highest BCUT2D eigenvalue weighted by molar-refractivity contribution is 6.32. The first-order valence-corrected chi connectivity index (χ1v) is 6.86. The molecule has 0 fully saturated rings. The summed E-state index contributed by atoms with van der Waals surface area (Å²) in [6, 6.07) is 9.38. The van der Waals surface area contributed by atoms with Gasteiger partial charge in [0.1, 0.15) is 0 Å². The van der Waals surface area contributed by atoms with Crippen molar-refractivity contribution >= 4 is 40.8 Å². The number of hydrogen-bond donors (Lipinski definition) is 2. The Balaban J connectivity index is 2.17. The maximum atomic E-state index is 12.2. The summed E-state index contributed by atoms with van der Waals surface area (Å²) in [5.74, 6) is -1.99. The summed E-state index contributed by atoms with van der Waals surface area (Å²) in [4.78, 5) is 23.3. The van der Waals surface area contributed by atoms with Crippen molar-refractivity contribution in [1.82, 2.24) is 0 Å². The quantitative estimate of drug-likeness (QED) is 0.884. The molecule has 0 aromatic heterocycles. The number of benzene rings is 2. The van der Waals surface area contributed by atoms with E-state index in [-0.39, 0.29) is 11.5 Å². The first kappa shape index (κ1) is 13.9. The lowest BCUT2D eigenvalue weighted by Crippen LogP contribution is -2.14.